The molecule has 2 N–H and O–H groups in total. The van der Waals surface area contributed by atoms with E-state index < -0.39 is 0 Å². The zero-order valence-electron chi connectivity index (χ0n) is 15.3. The minimum Gasteiger partial charge on any atom is -0.497 e. The number of hydrogen-bond acceptors (Lipinski definition) is 6. The minimum atomic E-state index is -0.119. The monoisotopic (exact) mass is 375 g/mol. The van der Waals surface area contributed by atoms with Gasteiger partial charge in [-0.1, -0.05) is 12.1 Å². The Morgan fingerprint density at radius 3 is 3.00 bits per heavy atom. The molecule has 1 amide bonds. The molecule has 0 bridgehead atoms. The highest BCUT2D eigenvalue weighted by Gasteiger charge is 2.33. The van der Waals surface area contributed by atoms with E-state index in [1.165, 1.54) is 6.33 Å². The number of hydrogen-bond donors (Lipinski definition) is 2. The molecule has 4 aromatic rings. The summed E-state index contributed by atoms with van der Waals surface area (Å²) in [5.74, 6) is 1.72. The summed E-state index contributed by atoms with van der Waals surface area (Å²) in [6.07, 6.45) is 3.34. The van der Waals surface area contributed by atoms with Gasteiger partial charge < -0.3 is 15.0 Å². The van der Waals surface area contributed by atoms with Gasteiger partial charge in [0.15, 0.2) is 11.5 Å². The highest BCUT2D eigenvalue weighted by molar-refractivity contribution is 5.95. The number of nitrogens with one attached hydrogen (secondary N) is 2. The summed E-state index contributed by atoms with van der Waals surface area (Å²) < 4.78 is 7.01. The summed E-state index contributed by atoms with van der Waals surface area (Å²) >= 11 is 0. The first-order valence-corrected chi connectivity index (χ1v) is 8.83. The third-order valence-electron chi connectivity index (χ3n) is 5.00. The molecule has 9 heteroatoms. The summed E-state index contributed by atoms with van der Waals surface area (Å²) in [7, 11) is 1.63. The van der Waals surface area contributed by atoms with Crippen molar-refractivity contribution in [1.82, 2.24) is 29.7 Å². The first kappa shape index (κ1) is 16.4. The number of aromatic amines is 1. The number of rotatable bonds is 3. The molecule has 28 heavy (non-hydrogen) atoms. The van der Waals surface area contributed by atoms with Crippen LogP contribution in [-0.2, 0) is 4.79 Å². The second kappa shape index (κ2) is 6.15. The first-order valence-electron chi connectivity index (χ1n) is 8.83. The van der Waals surface area contributed by atoms with E-state index in [0.29, 0.717) is 29.2 Å². The van der Waals surface area contributed by atoms with Gasteiger partial charge in [-0.25, -0.2) is 15.0 Å². The summed E-state index contributed by atoms with van der Waals surface area (Å²) in [6, 6.07) is 7.78. The molecule has 1 unspecified atom stereocenters. The second-order valence-corrected chi connectivity index (χ2v) is 6.64. The largest absolute Gasteiger partial charge is 0.497 e. The molecule has 0 radical (unpaired) electrons. The van der Waals surface area contributed by atoms with Gasteiger partial charge >= 0.3 is 0 Å². The molecule has 1 aliphatic heterocycles. The maximum atomic E-state index is 12.5. The van der Waals surface area contributed by atoms with Crippen molar-refractivity contribution < 1.29 is 9.53 Å². The van der Waals surface area contributed by atoms with E-state index in [0.717, 1.165) is 22.6 Å². The van der Waals surface area contributed by atoms with E-state index in [2.05, 4.69) is 30.4 Å². The third kappa shape index (κ3) is 2.43. The third-order valence-corrected chi connectivity index (χ3v) is 5.00. The Balaban J connectivity index is 1.71. The number of carbonyl (C=O) groups excluding carboxylic acids is 1. The van der Waals surface area contributed by atoms with Crippen molar-refractivity contribution in [2.24, 2.45) is 0 Å². The normalized spacial score (nSPS) is 16.1. The SMILES string of the molecule is COc1cccc(C2CC(=O)Nc3c2c(C)nn3-c2ncnc3nc[nH]c23)c1. The molecule has 4 heterocycles. The number of ether oxygens (including phenoxy) is 1. The lowest BCUT2D eigenvalue weighted by molar-refractivity contribution is -0.116. The Kier molecular flexibility index (Phi) is 3.61. The van der Waals surface area contributed by atoms with Crippen LogP contribution in [0, 0.1) is 6.92 Å². The Bertz CT molecular complexity index is 1210. The zero-order chi connectivity index (χ0) is 19.3. The maximum Gasteiger partial charge on any atom is 0.226 e. The number of methoxy groups -OCH3 is 1. The van der Waals surface area contributed by atoms with E-state index in [4.69, 9.17) is 4.74 Å². The number of carbonyl (C=O) groups is 1. The minimum absolute atomic E-state index is 0.0728. The van der Waals surface area contributed by atoms with E-state index in [9.17, 15) is 4.79 Å². The second-order valence-electron chi connectivity index (χ2n) is 6.64. The number of fused-ring (bicyclic) bond motifs is 2. The molecule has 0 aliphatic carbocycles. The Labute approximate surface area is 159 Å². The molecule has 1 atom stereocenters. The number of aromatic nitrogens is 6. The van der Waals surface area contributed by atoms with Gasteiger partial charge in [0.25, 0.3) is 0 Å². The molecule has 0 saturated heterocycles. The van der Waals surface area contributed by atoms with Crippen molar-refractivity contribution in [3.63, 3.8) is 0 Å². The van der Waals surface area contributed by atoms with Crippen molar-refractivity contribution in [2.45, 2.75) is 19.3 Å². The molecule has 9 nitrogen and oxygen atoms in total. The van der Waals surface area contributed by atoms with Crippen molar-refractivity contribution in [1.29, 1.82) is 0 Å². The molecule has 1 aliphatic rings. The molecule has 0 saturated carbocycles. The summed E-state index contributed by atoms with van der Waals surface area (Å²) in [6.45, 7) is 1.94. The highest BCUT2D eigenvalue weighted by atomic mass is 16.5. The van der Waals surface area contributed by atoms with E-state index in [1.54, 1.807) is 18.1 Å². The summed E-state index contributed by atoms with van der Waals surface area (Å²) in [5, 5.41) is 7.65. The Morgan fingerprint density at radius 1 is 1.25 bits per heavy atom. The predicted molar refractivity (Wildman–Crippen MR) is 102 cm³/mol. The van der Waals surface area contributed by atoms with Crippen LogP contribution in [0.25, 0.3) is 17.0 Å². The number of benzene rings is 1. The van der Waals surface area contributed by atoms with Crippen molar-refractivity contribution in [2.75, 3.05) is 12.4 Å². The number of aryl methyl sites for hydroxylation is 1. The van der Waals surface area contributed by atoms with Crippen LogP contribution in [0.1, 0.15) is 29.2 Å². The van der Waals surface area contributed by atoms with Gasteiger partial charge in [-0.15, -0.1) is 0 Å². The van der Waals surface area contributed by atoms with Gasteiger partial charge in [-0.2, -0.15) is 9.78 Å². The molecular weight excluding hydrogens is 358 g/mol. The average molecular weight is 375 g/mol. The van der Waals surface area contributed by atoms with Gasteiger partial charge in [0, 0.05) is 17.9 Å². The maximum absolute atomic E-state index is 12.5. The quantitative estimate of drug-likeness (QED) is 0.569. The molecule has 3 aromatic heterocycles. The number of anilines is 1. The van der Waals surface area contributed by atoms with Crippen LogP contribution < -0.4 is 10.1 Å². The van der Waals surface area contributed by atoms with Gasteiger partial charge in [0.05, 0.1) is 19.1 Å². The molecule has 1 aromatic carbocycles. The predicted octanol–water partition coefficient (Wildman–Crippen LogP) is 2.33. The molecular formula is C19H17N7O2. The van der Waals surface area contributed by atoms with Gasteiger partial charge in [-0.05, 0) is 24.6 Å². The van der Waals surface area contributed by atoms with E-state index in [1.807, 2.05) is 31.2 Å². The average Bonchev–Trinajstić information content (AvgIpc) is 3.32. The van der Waals surface area contributed by atoms with Gasteiger partial charge in [0.2, 0.25) is 5.91 Å². The number of H-pyrrole nitrogens is 1. The molecule has 0 spiro atoms. The van der Waals surface area contributed by atoms with Gasteiger partial charge in [-0.3, -0.25) is 4.79 Å². The van der Waals surface area contributed by atoms with Gasteiger partial charge in [0.1, 0.15) is 23.4 Å². The number of imidazole rings is 1. The van der Waals surface area contributed by atoms with Crippen LogP contribution in [0.2, 0.25) is 0 Å². The standard InChI is InChI=1S/C19H17N7O2/c1-10-15-13(11-4-3-5-12(6-11)28-2)7-14(27)24-18(15)26(25-10)19-16-17(21-8-20-16)22-9-23-19/h3-6,8-9,13H,7H2,1-2H3,(H,24,27)(H,20,21,22,23). The van der Waals surface area contributed by atoms with Crippen LogP contribution in [0.15, 0.2) is 36.9 Å². The van der Waals surface area contributed by atoms with Crippen LogP contribution in [0.3, 0.4) is 0 Å². The Hall–Kier alpha value is -3.75. The molecule has 140 valence electrons. The summed E-state index contributed by atoms with van der Waals surface area (Å²) in [5.41, 5.74) is 4.00. The van der Waals surface area contributed by atoms with E-state index in [-0.39, 0.29) is 11.8 Å². The molecule has 5 rings (SSSR count). The number of nitrogens with zero attached hydrogens (tertiary/aromatic N) is 5. The smallest absolute Gasteiger partial charge is 0.226 e. The fraction of sp³-hybridized carbons (Fsp3) is 0.211. The fourth-order valence-corrected chi connectivity index (χ4v) is 3.76. The Morgan fingerprint density at radius 2 is 2.14 bits per heavy atom. The number of amides is 1. The lowest BCUT2D eigenvalue weighted by atomic mass is 9.86. The highest BCUT2D eigenvalue weighted by Crippen LogP contribution is 2.41. The van der Waals surface area contributed by atoms with Crippen LogP contribution in [-0.4, -0.2) is 42.7 Å². The first-order chi connectivity index (χ1) is 13.7. The topological polar surface area (TPSA) is 111 Å². The molecule has 0 fully saturated rings. The fourth-order valence-electron chi connectivity index (χ4n) is 3.76. The van der Waals surface area contributed by atoms with Crippen LogP contribution >= 0.6 is 0 Å². The van der Waals surface area contributed by atoms with Crippen molar-refractivity contribution >= 4 is 22.9 Å². The summed E-state index contributed by atoms with van der Waals surface area (Å²) in [4.78, 5) is 28.3. The van der Waals surface area contributed by atoms with Crippen molar-refractivity contribution in [3.05, 3.63) is 53.7 Å². The lowest BCUT2D eigenvalue weighted by Gasteiger charge is -2.24. The lowest BCUT2D eigenvalue weighted by Crippen LogP contribution is -2.25. The van der Waals surface area contributed by atoms with Crippen LogP contribution in [0.4, 0.5) is 5.82 Å². The zero-order valence-corrected chi connectivity index (χ0v) is 15.3. The van der Waals surface area contributed by atoms with Crippen molar-refractivity contribution in [3.8, 4) is 11.6 Å². The van der Waals surface area contributed by atoms with E-state index >= 15 is 0 Å². The van der Waals surface area contributed by atoms with Crippen LogP contribution in [0.5, 0.6) is 5.75 Å².